The zero-order chi connectivity index (χ0) is 21.9. The van der Waals surface area contributed by atoms with E-state index in [9.17, 15) is 0 Å². The Hall–Kier alpha value is -3.39. The van der Waals surface area contributed by atoms with E-state index in [4.69, 9.17) is 26.7 Å². The Labute approximate surface area is 192 Å². The van der Waals surface area contributed by atoms with Crippen LogP contribution in [0, 0.1) is 6.92 Å². The largest absolute Gasteiger partial charge is 0.486 e. The number of aromatic nitrogens is 2. The number of fused-ring (bicyclic) bond motifs is 2. The fraction of sp³-hybridized carbons (Fsp3) is 0.292. The first-order chi connectivity index (χ1) is 15.6. The first kappa shape index (κ1) is 20.5. The van der Waals surface area contributed by atoms with Crippen molar-refractivity contribution in [3.05, 3.63) is 70.9 Å². The molecule has 0 fully saturated rings. The van der Waals surface area contributed by atoms with Crippen molar-refractivity contribution in [2.45, 2.75) is 26.4 Å². The Bertz CT molecular complexity index is 1150. The van der Waals surface area contributed by atoms with Crippen molar-refractivity contribution >= 4 is 29.1 Å². The molecule has 2 N–H and O–H groups in total. The van der Waals surface area contributed by atoms with Crippen LogP contribution >= 0.6 is 12.2 Å². The second-order valence-electron chi connectivity index (χ2n) is 7.92. The number of anilines is 2. The predicted molar refractivity (Wildman–Crippen MR) is 128 cm³/mol. The van der Waals surface area contributed by atoms with Gasteiger partial charge in [-0.15, -0.1) is 0 Å². The van der Waals surface area contributed by atoms with Crippen LogP contribution in [-0.4, -0.2) is 34.8 Å². The SMILES string of the molecule is Cc1cc(N2CCc3ccccc3C2)nc(NC(=S)NCc2ccc3c(c2)OCCO3)n1. The number of nitrogens with one attached hydrogen (secondary N) is 2. The molecule has 0 bridgehead atoms. The molecular weight excluding hydrogens is 422 g/mol. The van der Waals surface area contributed by atoms with E-state index in [0.29, 0.717) is 30.8 Å². The quantitative estimate of drug-likeness (QED) is 0.588. The van der Waals surface area contributed by atoms with Gasteiger partial charge in [0.25, 0.3) is 0 Å². The summed E-state index contributed by atoms with van der Waals surface area (Å²) in [6.07, 6.45) is 1.01. The van der Waals surface area contributed by atoms with E-state index in [1.165, 1.54) is 11.1 Å². The van der Waals surface area contributed by atoms with Crippen LogP contribution in [-0.2, 0) is 19.5 Å². The summed E-state index contributed by atoms with van der Waals surface area (Å²) >= 11 is 5.48. The van der Waals surface area contributed by atoms with Crippen molar-refractivity contribution in [3.63, 3.8) is 0 Å². The molecule has 164 valence electrons. The van der Waals surface area contributed by atoms with Gasteiger partial charge < -0.3 is 25.0 Å². The molecule has 0 radical (unpaired) electrons. The third kappa shape index (κ3) is 4.60. The molecule has 3 heterocycles. The van der Waals surface area contributed by atoms with Crippen molar-refractivity contribution in [1.82, 2.24) is 15.3 Å². The van der Waals surface area contributed by atoms with E-state index >= 15 is 0 Å². The highest BCUT2D eigenvalue weighted by atomic mass is 32.1. The minimum absolute atomic E-state index is 0.473. The Morgan fingerprint density at radius 2 is 1.84 bits per heavy atom. The van der Waals surface area contributed by atoms with Gasteiger partial charge in [0, 0.05) is 31.4 Å². The van der Waals surface area contributed by atoms with E-state index in [1.807, 2.05) is 31.2 Å². The van der Waals surface area contributed by atoms with Gasteiger partial charge in [-0.2, -0.15) is 4.98 Å². The topological polar surface area (TPSA) is 71.5 Å². The third-order valence-electron chi connectivity index (χ3n) is 5.58. The van der Waals surface area contributed by atoms with E-state index in [0.717, 1.165) is 48.1 Å². The number of nitrogens with zero attached hydrogens (tertiary/aromatic N) is 3. The van der Waals surface area contributed by atoms with Crippen molar-refractivity contribution in [2.75, 3.05) is 30.0 Å². The number of hydrogen-bond acceptors (Lipinski definition) is 6. The van der Waals surface area contributed by atoms with Crippen molar-refractivity contribution in [3.8, 4) is 11.5 Å². The monoisotopic (exact) mass is 447 g/mol. The van der Waals surface area contributed by atoms with Crippen LogP contribution in [0.4, 0.5) is 11.8 Å². The second-order valence-corrected chi connectivity index (χ2v) is 8.33. The Morgan fingerprint density at radius 1 is 1.03 bits per heavy atom. The van der Waals surface area contributed by atoms with Gasteiger partial charge in [0.2, 0.25) is 5.95 Å². The van der Waals surface area contributed by atoms with Crippen LogP contribution in [0.2, 0.25) is 0 Å². The van der Waals surface area contributed by atoms with E-state index < -0.39 is 0 Å². The number of thiocarbonyl (C=S) groups is 1. The zero-order valence-electron chi connectivity index (χ0n) is 17.9. The van der Waals surface area contributed by atoms with Crippen LogP contribution in [0.3, 0.4) is 0 Å². The summed E-state index contributed by atoms with van der Waals surface area (Å²) in [6.45, 7) is 5.46. The molecule has 0 atom stereocenters. The first-order valence-electron chi connectivity index (χ1n) is 10.7. The summed E-state index contributed by atoms with van der Waals surface area (Å²) < 4.78 is 11.2. The number of ether oxygens (including phenoxy) is 2. The number of benzene rings is 2. The van der Waals surface area contributed by atoms with Gasteiger partial charge in [0.05, 0.1) is 0 Å². The molecule has 5 rings (SSSR count). The summed E-state index contributed by atoms with van der Waals surface area (Å²) in [5.74, 6) is 2.95. The highest BCUT2D eigenvalue weighted by molar-refractivity contribution is 7.80. The molecule has 0 spiro atoms. The molecular formula is C24H25N5O2S. The first-order valence-corrected chi connectivity index (χ1v) is 11.2. The average molecular weight is 448 g/mol. The van der Waals surface area contributed by atoms with Crippen molar-refractivity contribution in [1.29, 1.82) is 0 Å². The van der Waals surface area contributed by atoms with Gasteiger partial charge in [-0.05, 0) is 54.4 Å². The van der Waals surface area contributed by atoms with Crippen LogP contribution in [0.15, 0.2) is 48.5 Å². The van der Waals surface area contributed by atoms with Crippen LogP contribution in [0.1, 0.15) is 22.4 Å². The Balaban J connectivity index is 1.23. The summed E-state index contributed by atoms with van der Waals surface area (Å²) in [7, 11) is 0. The number of rotatable bonds is 4. The summed E-state index contributed by atoms with van der Waals surface area (Å²) in [4.78, 5) is 11.5. The fourth-order valence-corrected chi connectivity index (χ4v) is 4.15. The lowest BCUT2D eigenvalue weighted by molar-refractivity contribution is 0.171. The van der Waals surface area contributed by atoms with Crippen LogP contribution < -0.4 is 25.0 Å². The lowest BCUT2D eigenvalue weighted by Crippen LogP contribution is -2.32. The predicted octanol–water partition coefficient (Wildman–Crippen LogP) is 3.61. The normalized spacial score (nSPS) is 14.5. The third-order valence-corrected chi connectivity index (χ3v) is 5.83. The minimum Gasteiger partial charge on any atom is -0.486 e. The molecule has 0 amide bonds. The molecule has 0 unspecified atom stereocenters. The molecule has 0 saturated heterocycles. The molecule has 2 aromatic carbocycles. The molecule has 7 nitrogen and oxygen atoms in total. The van der Waals surface area contributed by atoms with Crippen LogP contribution in [0.5, 0.6) is 11.5 Å². The molecule has 2 aliphatic rings. The molecule has 32 heavy (non-hydrogen) atoms. The average Bonchev–Trinajstić information content (AvgIpc) is 2.82. The van der Waals surface area contributed by atoms with E-state index in [-0.39, 0.29) is 0 Å². The summed E-state index contributed by atoms with van der Waals surface area (Å²) in [5.41, 5.74) is 4.71. The van der Waals surface area contributed by atoms with Gasteiger partial charge in [-0.1, -0.05) is 30.3 Å². The molecule has 1 aromatic heterocycles. The molecule has 0 saturated carbocycles. The highest BCUT2D eigenvalue weighted by Gasteiger charge is 2.18. The van der Waals surface area contributed by atoms with Crippen molar-refractivity contribution < 1.29 is 9.47 Å². The van der Waals surface area contributed by atoms with Gasteiger partial charge in [0.15, 0.2) is 16.6 Å². The maximum atomic E-state index is 5.65. The van der Waals surface area contributed by atoms with Crippen molar-refractivity contribution in [2.24, 2.45) is 0 Å². The highest BCUT2D eigenvalue weighted by Crippen LogP contribution is 2.30. The maximum absolute atomic E-state index is 5.65. The van der Waals surface area contributed by atoms with Gasteiger partial charge >= 0.3 is 0 Å². The lowest BCUT2D eigenvalue weighted by Gasteiger charge is -2.30. The Morgan fingerprint density at radius 3 is 2.72 bits per heavy atom. The zero-order valence-corrected chi connectivity index (χ0v) is 18.7. The molecule has 0 aliphatic carbocycles. The van der Waals surface area contributed by atoms with E-state index in [2.05, 4.69) is 44.8 Å². The number of aryl methyl sites for hydroxylation is 1. The molecule has 3 aromatic rings. The fourth-order valence-electron chi connectivity index (χ4n) is 3.99. The number of hydrogen-bond donors (Lipinski definition) is 2. The minimum atomic E-state index is 0.473. The van der Waals surface area contributed by atoms with Gasteiger partial charge in [-0.3, -0.25) is 0 Å². The standard InChI is InChI=1S/C24H25N5O2S/c1-16-12-22(29-9-8-18-4-2-3-5-19(18)15-29)27-23(26-16)28-24(32)25-14-17-6-7-20-21(13-17)31-11-10-30-20/h2-7,12-13H,8-11,14-15H2,1H3,(H2,25,26,27,28,32). The molecule has 2 aliphatic heterocycles. The van der Waals surface area contributed by atoms with Gasteiger partial charge in [-0.25, -0.2) is 4.98 Å². The summed E-state index contributed by atoms with van der Waals surface area (Å²) in [5, 5.41) is 6.82. The second kappa shape index (κ2) is 9.00. The molecule has 8 heteroatoms. The Kier molecular flexibility index (Phi) is 5.77. The smallest absolute Gasteiger partial charge is 0.231 e. The van der Waals surface area contributed by atoms with E-state index in [1.54, 1.807) is 0 Å². The van der Waals surface area contributed by atoms with Crippen LogP contribution in [0.25, 0.3) is 0 Å². The maximum Gasteiger partial charge on any atom is 0.231 e. The lowest BCUT2D eigenvalue weighted by atomic mass is 10.00. The van der Waals surface area contributed by atoms with Gasteiger partial charge in [0.1, 0.15) is 19.0 Å². The summed E-state index contributed by atoms with van der Waals surface area (Å²) in [6, 6.07) is 16.5.